The van der Waals surface area contributed by atoms with Gasteiger partial charge in [-0.25, -0.2) is 0 Å². The molecule has 0 saturated carbocycles. The van der Waals surface area contributed by atoms with Crippen molar-refractivity contribution in [3.63, 3.8) is 0 Å². The van der Waals surface area contributed by atoms with E-state index in [4.69, 9.17) is 14.2 Å². The Morgan fingerprint density at radius 3 is 0.904 bits per heavy atom. The zero-order valence-corrected chi connectivity index (χ0v) is 46.6. The summed E-state index contributed by atoms with van der Waals surface area (Å²) < 4.78 is 16.6. The van der Waals surface area contributed by atoms with E-state index in [1.165, 1.54) is 57.8 Å². The summed E-state index contributed by atoms with van der Waals surface area (Å²) in [6.45, 7) is 6.25. The van der Waals surface area contributed by atoms with Crippen LogP contribution >= 0.6 is 0 Å². The zero-order valence-electron chi connectivity index (χ0n) is 46.6. The van der Waals surface area contributed by atoms with Gasteiger partial charge in [0.1, 0.15) is 13.2 Å². The Kier molecular flexibility index (Phi) is 55.5. The highest BCUT2D eigenvalue weighted by atomic mass is 16.6. The minimum Gasteiger partial charge on any atom is -0.462 e. The number of carbonyl (C=O) groups is 3. The molecule has 0 radical (unpaired) electrons. The molecular formula is C67H104O6. The van der Waals surface area contributed by atoms with E-state index in [0.717, 1.165) is 122 Å². The van der Waals surface area contributed by atoms with Gasteiger partial charge in [0.25, 0.3) is 0 Å². The van der Waals surface area contributed by atoms with Gasteiger partial charge in [0.05, 0.1) is 6.42 Å². The summed E-state index contributed by atoms with van der Waals surface area (Å²) in [5.74, 6) is -1.08. The van der Waals surface area contributed by atoms with Crippen LogP contribution in [0.3, 0.4) is 0 Å². The first-order valence-corrected chi connectivity index (χ1v) is 29.0. The van der Waals surface area contributed by atoms with Gasteiger partial charge in [-0.3, -0.25) is 14.4 Å². The fraction of sp³-hybridized carbons (Fsp3) is 0.567. The molecule has 0 fully saturated rings. The van der Waals surface area contributed by atoms with E-state index in [9.17, 15) is 14.4 Å². The summed E-state index contributed by atoms with van der Waals surface area (Å²) in [4.78, 5) is 37.8. The molecular weight excluding hydrogens is 901 g/mol. The van der Waals surface area contributed by atoms with Crippen LogP contribution < -0.4 is 0 Å². The molecule has 0 aliphatic carbocycles. The van der Waals surface area contributed by atoms with Gasteiger partial charge in [-0.1, -0.05) is 256 Å². The maximum Gasteiger partial charge on any atom is 0.310 e. The number of esters is 3. The molecule has 0 spiro atoms. The first kappa shape index (κ1) is 68.0. The number of allylic oxidation sites excluding steroid dienone is 25. The van der Waals surface area contributed by atoms with Gasteiger partial charge in [0.15, 0.2) is 6.10 Å². The second-order valence-corrected chi connectivity index (χ2v) is 18.5. The molecule has 0 saturated heterocycles. The highest BCUT2D eigenvalue weighted by Gasteiger charge is 2.19. The van der Waals surface area contributed by atoms with Crippen LogP contribution in [0.25, 0.3) is 0 Å². The Balaban J connectivity index is 4.23. The van der Waals surface area contributed by atoms with Crippen LogP contribution in [0.2, 0.25) is 0 Å². The molecule has 0 N–H and O–H groups in total. The van der Waals surface area contributed by atoms with Crippen molar-refractivity contribution in [3.05, 3.63) is 158 Å². The lowest BCUT2D eigenvalue weighted by Gasteiger charge is -2.18. The monoisotopic (exact) mass is 1000 g/mol. The zero-order chi connectivity index (χ0) is 52.9. The van der Waals surface area contributed by atoms with Gasteiger partial charge in [-0.05, 0) is 109 Å². The van der Waals surface area contributed by atoms with Crippen molar-refractivity contribution in [1.82, 2.24) is 0 Å². The first-order valence-electron chi connectivity index (χ1n) is 29.0. The molecule has 73 heavy (non-hydrogen) atoms. The van der Waals surface area contributed by atoms with E-state index in [0.29, 0.717) is 19.3 Å². The van der Waals surface area contributed by atoms with Crippen molar-refractivity contribution in [2.24, 2.45) is 0 Å². The molecule has 1 unspecified atom stereocenters. The lowest BCUT2D eigenvalue weighted by atomic mass is 10.1. The lowest BCUT2D eigenvalue weighted by molar-refractivity contribution is -0.166. The molecule has 0 aliphatic rings. The Labute approximate surface area is 448 Å². The Bertz CT molecular complexity index is 1670. The fourth-order valence-electron chi connectivity index (χ4n) is 7.30. The number of ether oxygens (including phenoxy) is 3. The summed E-state index contributed by atoms with van der Waals surface area (Å²) in [5, 5.41) is 0. The van der Waals surface area contributed by atoms with E-state index in [1.54, 1.807) is 6.08 Å². The molecule has 0 rings (SSSR count). The van der Waals surface area contributed by atoms with Crippen molar-refractivity contribution in [1.29, 1.82) is 0 Å². The third-order valence-corrected chi connectivity index (χ3v) is 11.6. The van der Waals surface area contributed by atoms with E-state index in [1.807, 2.05) is 6.08 Å². The largest absolute Gasteiger partial charge is 0.462 e. The lowest BCUT2D eigenvalue weighted by Crippen LogP contribution is -2.30. The van der Waals surface area contributed by atoms with Crippen molar-refractivity contribution in [3.8, 4) is 0 Å². The molecule has 6 nitrogen and oxygen atoms in total. The molecule has 6 heteroatoms. The number of hydrogen-bond donors (Lipinski definition) is 0. The van der Waals surface area contributed by atoms with Crippen LogP contribution in [0.1, 0.15) is 226 Å². The molecule has 0 aromatic heterocycles. The van der Waals surface area contributed by atoms with Gasteiger partial charge in [0, 0.05) is 12.8 Å². The van der Waals surface area contributed by atoms with E-state index >= 15 is 0 Å². The summed E-state index contributed by atoms with van der Waals surface area (Å²) in [6, 6.07) is 0. The summed E-state index contributed by atoms with van der Waals surface area (Å²) in [6.07, 6.45) is 87.2. The molecule has 0 bridgehead atoms. The minimum atomic E-state index is -0.839. The third kappa shape index (κ3) is 57.8. The average molecular weight is 1010 g/mol. The van der Waals surface area contributed by atoms with Crippen molar-refractivity contribution in [2.45, 2.75) is 232 Å². The second-order valence-electron chi connectivity index (χ2n) is 18.5. The summed E-state index contributed by atoms with van der Waals surface area (Å²) in [5.41, 5.74) is 0. The number of carbonyl (C=O) groups excluding carboxylic acids is 3. The van der Waals surface area contributed by atoms with Gasteiger partial charge < -0.3 is 14.2 Å². The number of hydrogen-bond acceptors (Lipinski definition) is 6. The molecule has 0 heterocycles. The normalized spacial score (nSPS) is 13.3. The van der Waals surface area contributed by atoms with Crippen LogP contribution in [0.4, 0.5) is 0 Å². The van der Waals surface area contributed by atoms with Crippen LogP contribution in [-0.4, -0.2) is 37.2 Å². The maximum atomic E-state index is 12.7. The molecule has 0 amide bonds. The minimum absolute atomic E-state index is 0.0894. The number of unbranched alkanes of at least 4 members (excludes halogenated alkanes) is 14. The molecule has 408 valence electrons. The van der Waals surface area contributed by atoms with Crippen LogP contribution in [0.15, 0.2) is 158 Å². The standard InChI is InChI=1S/C67H104O6/c1-4-7-10-13-16-18-20-22-24-25-26-27-28-29-30-31-32-33-34-35-36-37-38-39-40-41-43-44-46-48-51-54-57-60-66(69)72-63-64(62-71-65(68)59-56-53-50-15-12-9-6-3)73-67(70)61-58-55-52-49-47-45-42-23-21-19-17-14-11-8-5-2/h7-8,10-11,16-19,22-24,26-27,29-30,32-33,35-36,38-39,42,47,49,55,58,64H,4-6,9,12-15,20-21,25,28,31,34,37,40-41,43-46,48,50-54,56-57,59-63H2,1-3H3/b10-7-,11-8-,18-16-,19-17-,24-22-,27-26-,30-29-,33-32-,36-35-,39-38-,42-23-,49-47-,58-55-. The fourth-order valence-corrected chi connectivity index (χ4v) is 7.30. The van der Waals surface area contributed by atoms with E-state index < -0.39 is 12.1 Å². The maximum absolute atomic E-state index is 12.7. The predicted molar refractivity (Wildman–Crippen MR) is 315 cm³/mol. The van der Waals surface area contributed by atoms with Gasteiger partial charge in [0.2, 0.25) is 0 Å². The summed E-state index contributed by atoms with van der Waals surface area (Å²) in [7, 11) is 0. The van der Waals surface area contributed by atoms with Crippen LogP contribution in [0.5, 0.6) is 0 Å². The van der Waals surface area contributed by atoms with Crippen LogP contribution in [-0.2, 0) is 28.6 Å². The molecule has 0 aromatic carbocycles. The Hall–Kier alpha value is -4.97. The average Bonchev–Trinajstić information content (AvgIpc) is 3.39. The Morgan fingerprint density at radius 1 is 0.301 bits per heavy atom. The van der Waals surface area contributed by atoms with Gasteiger partial charge in [-0.15, -0.1) is 0 Å². The van der Waals surface area contributed by atoms with Crippen molar-refractivity contribution >= 4 is 17.9 Å². The van der Waals surface area contributed by atoms with E-state index in [2.05, 4.69) is 167 Å². The van der Waals surface area contributed by atoms with Crippen LogP contribution in [0, 0.1) is 0 Å². The molecule has 0 aliphatic heterocycles. The highest BCUT2D eigenvalue weighted by Crippen LogP contribution is 2.13. The van der Waals surface area contributed by atoms with E-state index in [-0.39, 0.29) is 31.6 Å². The topological polar surface area (TPSA) is 78.9 Å². The number of rotatable bonds is 50. The predicted octanol–water partition coefficient (Wildman–Crippen LogP) is 19.8. The SMILES string of the molecule is CC/C=C\C/C=C\C/C=C\C/C=C\C/C=C\C/C=C\C/C=C\C/C=C\CCCCCCCCCCC(=O)OCC(COC(=O)CCCCCCCCC)OC(=O)C/C=C\C/C=C\C/C=C\C/C=C\C/C=C\CC. The summed E-state index contributed by atoms with van der Waals surface area (Å²) >= 11 is 0. The molecule has 0 aromatic rings. The second kappa shape index (κ2) is 59.6. The van der Waals surface area contributed by atoms with Crippen molar-refractivity contribution < 1.29 is 28.6 Å². The Morgan fingerprint density at radius 2 is 0.575 bits per heavy atom. The van der Waals surface area contributed by atoms with Gasteiger partial charge in [-0.2, -0.15) is 0 Å². The first-order chi connectivity index (χ1) is 36.0. The van der Waals surface area contributed by atoms with Crippen molar-refractivity contribution in [2.75, 3.05) is 13.2 Å². The third-order valence-electron chi connectivity index (χ3n) is 11.6. The quantitative estimate of drug-likeness (QED) is 0.0261. The smallest absolute Gasteiger partial charge is 0.310 e. The van der Waals surface area contributed by atoms with Gasteiger partial charge >= 0.3 is 17.9 Å². The highest BCUT2D eigenvalue weighted by molar-refractivity contribution is 5.72. The molecule has 1 atom stereocenters.